The molecule has 0 radical (unpaired) electrons. The van der Waals surface area contributed by atoms with Crippen molar-refractivity contribution in [1.82, 2.24) is 0 Å². The molecular weight excluding hydrogens is 817 g/mol. The lowest BCUT2D eigenvalue weighted by Crippen LogP contribution is -2.30. The highest BCUT2D eigenvalue weighted by atomic mass is 16.6. The third kappa shape index (κ3) is 51.6. The van der Waals surface area contributed by atoms with Crippen molar-refractivity contribution in [2.45, 2.75) is 264 Å². The number of rotatable bonds is 49. The van der Waals surface area contributed by atoms with Crippen molar-refractivity contribution in [2.75, 3.05) is 13.2 Å². The average molecular weight is 919 g/mol. The summed E-state index contributed by atoms with van der Waals surface area (Å²) < 4.78 is 16.8. The van der Waals surface area contributed by atoms with E-state index in [9.17, 15) is 14.4 Å². The Morgan fingerprint density at radius 1 is 0.303 bits per heavy atom. The maximum Gasteiger partial charge on any atom is 0.306 e. The van der Waals surface area contributed by atoms with Crippen molar-refractivity contribution in [3.8, 4) is 0 Å². The lowest BCUT2D eigenvalue weighted by atomic mass is 10.0. The van der Waals surface area contributed by atoms with Crippen LogP contribution in [0.25, 0.3) is 0 Å². The Balaban J connectivity index is 4.47. The Morgan fingerprint density at radius 3 is 0.924 bits per heavy atom. The van der Waals surface area contributed by atoms with E-state index in [1.807, 2.05) is 0 Å². The molecule has 0 aliphatic rings. The first kappa shape index (κ1) is 62.6. The second-order valence-electron chi connectivity index (χ2n) is 18.1. The largest absolute Gasteiger partial charge is 0.462 e. The molecule has 0 unspecified atom stereocenters. The Kier molecular flexibility index (Phi) is 51.4. The number of unbranched alkanes of at least 4 members (excludes halogenated alkanes) is 24. The molecule has 1 atom stereocenters. The zero-order valence-electron chi connectivity index (χ0n) is 43.2. The van der Waals surface area contributed by atoms with Crippen LogP contribution in [-0.4, -0.2) is 37.2 Å². The summed E-state index contributed by atoms with van der Waals surface area (Å²) in [5.41, 5.74) is 0. The van der Waals surface area contributed by atoms with Gasteiger partial charge >= 0.3 is 17.9 Å². The Labute approximate surface area is 407 Å². The Morgan fingerprint density at radius 2 is 0.561 bits per heavy atom. The standard InChI is InChI=1S/C60H102O6/c1-4-7-10-13-16-19-22-25-27-29-30-32-33-35-38-41-44-47-50-53-59(62)65-56-57(55-64-58(61)52-49-46-43-40-37-24-21-18-15-12-9-6-3)66-60(63)54-51-48-45-42-39-36-34-31-28-26-23-20-17-14-11-8-5-2/h16-17,19-20,25-28,30,32,34,36,42,45,57H,4-15,18,21-24,29,31,33,35,37-41,43-44,46-56H2,1-3H3/b19-16-,20-17-,27-25-,28-26-,32-30-,36-34-,45-42-/t57-/m1/s1. The van der Waals surface area contributed by atoms with Gasteiger partial charge in [-0.25, -0.2) is 0 Å². The van der Waals surface area contributed by atoms with E-state index in [0.717, 1.165) is 83.5 Å². The van der Waals surface area contributed by atoms with Gasteiger partial charge < -0.3 is 14.2 Å². The first-order valence-corrected chi connectivity index (χ1v) is 27.6. The summed E-state index contributed by atoms with van der Waals surface area (Å²) >= 11 is 0. The molecule has 0 saturated carbocycles. The molecule has 0 amide bonds. The van der Waals surface area contributed by atoms with Gasteiger partial charge in [0.1, 0.15) is 13.2 Å². The van der Waals surface area contributed by atoms with Crippen molar-refractivity contribution in [1.29, 1.82) is 0 Å². The zero-order valence-corrected chi connectivity index (χ0v) is 43.2. The molecular formula is C60H102O6. The molecule has 0 aromatic rings. The summed E-state index contributed by atoms with van der Waals surface area (Å²) in [5, 5.41) is 0. The molecule has 378 valence electrons. The fraction of sp³-hybridized carbons (Fsp3) is 0.717. The molecule has 0 rings (SSSR count). The van der Waals surface area contributed by atoms with Crippen LogP contribution in [0.15, 0.2) is 85.1 Å². The van der Waals surface area contributed by atoms with Gasteiger partial charge in [0, 0.05) is 19.3 Å². The predicted molar refractivity (Wildman–Crippen MR) is 284 cm³/mol. The summed E-state index contributed by atoms with van der Waals surface area (Å²) in [7, 11) is 0. The number of carbonyl (C=O) groups is 3. The number of allylic oxidation sites excluding steroid dienone is 14. The lowest BCUT2D eigenvalue weighted by Gasteiger charge is -2.18. The molecule has 0 aliphatic carbocycles. The molecule has 0 heterocycles. The molecule has 0 saturated heterocycles. The van der Waals surface area contributed by atoms with Gasteiger partial charge in [0.2, 0.25) is 0 Å². The predicted octanol–water partition coefficient (Wildman–Crippen LogP) is 18.4. The smallest absolute Gasteiger partial charge is 0.306 e. The van der Waals surface area contributed by atoms with Crippen LogP contribution in [0.1, 0.15) is 258 Å². The molecule has 0 fully saturated rings. The lowest BCUT2D eigenvalue weighted by molar-refractivity contribution is -0.167. The molecule has 0 aromatic heterocycles. The topological polar surface area (TPSA) is 78.9 Å². The van der Waals surface area contributed by atoms with Gasteiger partial charge in [-0.15, -0.1) is 0 Å². The highest BCUT2D eigenvalue weighted by Gasteiger charge is 2.19. The maximum atomic E-state index is 12.8. The van der Waals surface area contributed by atoms with Crippen LogP contribution in [-0.2, 0) is 28.6 Å². The monoisotopic (exact) mass is 919 g/mol. The van der Waals surface area contributed by atoms with Crippen LogP contribution >= 0.6 is 0 Å². The van der Waals surface area contributed by atoms with E-state index in [-0.39, 0.29) is 37.5 Å². The van der Waals surface area contributed by atoms with Gasteiger partial charge in [0.05, 0.1) is 0 Å². The van der Waals surface area contributed by atoms with Crippen LogP contribution in [0.2, 0.25) is 0 Å². The van der Waals surface area contributed by atoms with Gasteiger partial charge in [-0.1, -0.05) is 228 Å². The first-order chi connectivity index (χ1) is 32.5. The van der Waals surface area contributed by atoms with Crippen molar-refractivity contribution in [2.24, 2.45) is 0 Å². The van der Waals surface area contributed by atoms with Crippen molar-refractivity contribution < 1.29 is 28.6 Å². The molecule has 0 spiro atoms. The highest BCUT2D eigenvalue weighted by molar-refractivity contribution is 5.71. The normalized spacial score (nSPS) is 12.7. The van der Waals surface area contributed by atoms with E-state index < -0.39 is 6.10 Å². The van der Waals surface area contributed by atoms with Crippen molar-refractivity contribution >= 4 is 17.9 Å². The van der Waals surface area contributed by atoms with E-state index >= 15 is 0 Å². The number of hydrogen-bond acceptors (Lipinski definition) is 6. The molecule has 0 aliphatic heterocycles. The van der Waals surface area contributed by atoms with E-state index in [1.54, 1.807) is 0 Å². The van der Waals surface area contributed by atoms with Gasteiger partial charge in [0.25, 0.3) is 0 Å². The van der Waals surface area contributed by atoms with Crippen LogP contribution in [0.3, 0.4) is 0 Å². The molecule has 66 heavy (non-hydrogen) atoms. The van der Waals surface area contributed by atoms with Gasteiger partial charge in [-0.2, -0.15) is 0 Å². The number of esters is 3. The quantitative estimate of drug-likeness (QED) is 0.0262. The number of carbonyl (C=O) groups excluding carboxylic acids is 3. The second kappa shape index (κ2) is 54.2. The van der Waals surface area contributed by atoms with E-state index in [0.29, 0.717) is 19.3 Å². The summed E-state index contributed by atoms with van der Waals surface area (Å²) in [5.74, 6) is -0.968. The first-order valence-electron chi connectivity index (χ1n) is 27.6. The van der Waals surface area contributed by atoms with E-state index in [1.165, 1.54) is 128 Å². The minimum absolute atomic E-state index is 0.101. The Hall–Kier alpha value is -3.41. The van der Waals surface area contributed by atoms with Crippen LogP contribution in [0.5, 0.6) is 0 Å². The van der Waals surface area contributed by atoms with Crippen LogP contribution in [0.4, 0.5) is 0 Å². The average Bonchev–Trinajstić information content (AvgIpc) is 3.31. The van der Waals surface area contributed by atoms with Crippen molar-refractivity contribution in [3.05, 3.63) is 85.1 Å². The summed E-state index contributed by atoms with van der Waals surface area (Å²) in [4.78, 5) is 38.0. The highest BCUT2D eigenvalue weighted by Crippen LogP contribution is 2.14. The minimum Gasteiger partial charge on any atom is -0.462 e. The molecule has 6 nitrogen and oxygen atoms in total. The van der Waals surface area contributed by atoms with Crippen molar-refractivity contribution in [3.63, 3.8) is 0 Å². The third-order valence-corrected chi connectivity index (χ3v) is 11.6. The fourth-order valence-electron chi connectivity index (χ4n) is 7.44. The Bertz CT molecular complexity index is 1290. The summed E-state index contributed by atoms with van der Waals surface area (Å²) in [6.45, 7) is 6.53. The molecule has 0 bridgehead atoms. The number of hydrogen-bond donors (Lipinski definition) is 0. The van der Waals surface area contributed by atoms with E-state index in [2.05, 4.69) is 106 Å². The van der Waals surface area contributed by atoms with Crippen LogP contribution < -0.4 is 0 Å². The zero-order chi connectivity index (χ0) is 47.9. The minimum atomic E-state index is -0.809. The third-order valence-electron chi connectivity index (χ3n) is 11.6. The van der Waals surface area contributed by atoms with Crippen LogP contribution in [0, 0.1) is 0 Å². The van der Waals surface area contributed by atoms with E-state index in [4.69, 9.17) is 14.2 Å². The van der Waals surface area contributed by atoms with Gasteiger partial charge in [-0.05, 0) is 96.3 Å². The van der Waals surface area contributed by atoms with Gasteiger partial charge in [-0.3, -0.25) is 14.4 Å². The fourth-order valence-corrected chi connectivity index (χ4v) is 7.44. The maximum absolute atomic E-state index is 12.8. The summed E-state index contributed by atoms with van der Waals surface area (Å²) in [6, 6.07) is 0. The SMILES string of the molecule is CCCCC/C=C\C/C=C\C/C=C\C/C=C\CCCC(=O)O[C@@H](COC(=O)CCCCCCCC/C=C\C/C=C\C/C=C\CCCCC)COC(=O)CCCCCCCCCCCCCC. The summed E-state index contributed by atoms with van der Waals surface area (Å²) in [6.07, 6.45) is 70.0. The molecule has 0 N–H and O–H groups in total. The molecule has 0 aromatic carbocycles. The second-order valence-corrected chi connectivity index (χ2v) is 18.1. The molecule has 6 heteroatoms. The van der Waals surface area contributed by atoms with Gasteiger partial charge in [0.15, 0.2) is 6.10 Å². The number of ether oxygens (including phenoxy) is 3.